The van der Waals surface area contributed by atoms with Crippen LogP contribution >= 0.6 is 0 Å². The Labute approximate surface area is 94.6 Å². The number of alkyl halides is 1. The predicted molar refractivity (Wildman–Crippen MR) is 48.2 cm³/mol. The van der Waals surface area contributed by atoms with Crippen LogP contribution in [-0.2, 0) is 8.00 Å². The van der Waals surface area contributed by atoms with Gasteiger partial charge in [-0.25, -0.2) is 0 Å². The average molecular weight is 315 g/mol. The summed E-state index contributed by atoms with van der Waals surface area (Å²) in [7, 11) is 0. The molecule has 6 nitrogen and oxygen atoms in total. The zero-order valence-electron chi connectivity index (χ0n) is 8.29. The van der Waals surface area contributed by atoms with E-state index in [4.69, 9.17) is 19.7 Å². The summed E-state index contributed by atoms with van der Waals surface area (Å²) in [6, 6.07) is 0. The summed E-state index contributed by atoms with van der Waals surface area (Å²) >= 11 is -0.566. The molecule has 5 N–H and O–H groups in total. The second kappa shape index (κ2) is 7.18. The molecule has 14 heavy (non-hydrogen) atoms. The third-order valence-electron chi connectivity index (χ3n) is 1.00. The van der Waals surface area contributed by atoms with Crippen LogP contribution in [0, 0.1) is 0 Å². The standard InChI is InChI=1S/C7H16IN4O2/c1-4-5-11-13-7(2,3)6-8-14-12(9)10/h5,11H,1,6,9-10H2,2-3H3/q-1. The van der Waals surface area contributed by atoms with E-state index in [9.17, 15) is 0 Å². The van der Waals surface area contributed by atoms with E-state index < -0.39 is 21.6 Å². The first-order valence-electron chi connectivity index (χ1n) is 3.81. The molecule has 0 aromatic heterocycles. The molecule has 0 rings (SSSR count). The minimum atomic E-state index is -0.566. The molecule has 84 valence electrons. The van der Waals surface area contributed by atoms with Crippen LogP contribution in [0.5, 0.6) is 0 Å². The van der Waals surface area contributed by atoms with Crippen molar-refractivity contribution in [2.75, 3.05) is 4.43 Å². The van der Waals surface area contributed by atoms with Crippen molar-refractivity contribution in [3.05, 3.63) is 18.5 Å². The normalized spacial score (nSPS) is 11.5. The summed E-state index contributed by atoms with van der Waals surface area (Å²) in [6.07, 6.45) is 1.49. The van der Waals surface area contributed by atoms with Crippen molar-refractivity contribution in [1.82, 2.24) is 10.8 Å². The fourth-order valence-corrected chi connectivity index (χ4v) is 1.84. The van der Waals surface area contributed by atoms with E-state index >= 15 is 0 Å². The second-order valence-electron chi connectivity index (χ2n) is 3.00. The molecule has 0 aromatic carbocycles. The van der Waals surface area contributed by atoms with Crippen molar-refractivity contribution in [1.29, 1.82) is 0 Å². The molecule has 0 fully saturated rings. The van der Waals surface area contributed by atoms with Gasteiger partial charge in [-0.1, -0.05) is 0 Å². The molecule has 0 aliphatic carbocycles. The van der Waals surface area contributed by atoms with Gasteiger partial charge in [0.25, 0.3) is 0 Å². The summed E-state index contributed by atoms with van der Waals surface area (Å²) in [4.78, 5) is 5.29. The second-order valence-corrected chi connectivity index (χ2v) is 4.78. The van der Waals surface area contributed by atoms with Gasteiger partial charge >= 0.3 is 94.5 Å². The minimum absolute atomic E-state index is 0.337. The Kier molecular flexibility index (Phi) is 7.11. The molecular weight excluding hydrogens is 299 g/mol. The monoisotopic (exact) mass is 315 g/mol. The van der Waals surface area contributed by atoms with Crippen molar-refractivity contribution in [2.24, 2.45) is 11.7 Å². The molecule has 0 radical (unpaired) electrons. The fourth-order valence-electron chi connectivity index (χ4n) is 0.470. The number of hydroxylamine groups is 1. The van der Waals surface area contributed by atoms with Crippen molar-refractivity contribution in [3.8, 4) is 0 Å². The zero-order valence-corrected chi connectivity index (χ0v) is 10.4. The molecule has 7 heteroatoms. The van der Waals surface area contributed by atoms with Gasteiger partial charge in [-0.2, -0.15) is 0 Å². The average Bonchev–Trinajstić information content (AvgIpc) is 2.03. The number of hydrogen-bond donors (Lipinski definition) is 3. The van der Waals surface area contributed by atoms with Crippen molar-refractivity contribution >= 4 is 0 Å². The molecule has 0 saturated heterocycles. The van der Waals surface area contributed by atoms with E-state index in [0.717, 1.165) is 9.71 Å². The Morgan fingerprint density at radius 2 is 2.29 bits per heavy atom. The van der Waals surface area contributed by atoms with Crippen LogP contribution in [0.3, 0.4) is 0 Å². The summed E-state index contributed by atoms with van der Waals surface area (Å²) in [6.45, 7) is 7.24. The van der Waals surface area contributed by atoms with Gasteiger partial charge < -0.3 is 0 Å². The quantitative estimate of drug-likeness (QED) is 0.149. The van der Waals surface area contributed by atoms with Crippen LogP contribution in [-0.4, -0.2) is 15.3 Å². The molecule has 0 unspecified atom stereocenters. The maximum absolute atomic E-state index is 5.29. The van der Waals surface area contributed by atoms with Crippen LogP contribution < -0.4 is 38.8 Å². The Bertz CT molecular complexity index is 204. The number of hydrogen-bond acceptors (Lipinski definition) is 6. The van der Waals surface area contributed by atoms with Gasteiger partial charge in [-0.3, -0.25) is 0 Å². The number of nitrogens with two attached hydrogens (primary N) is 2. The van der Waals surface area contributed by atoms with Gasteiger partial charge in [-0.05, 0) is 0 Å². The first kappa shape index (κ1) is 13.8. The first-order valence-corrected chi connectivity index (χ1v) is 6.22. The van der Waals surface area contributed by atoms with E-state index in [-0.39, 0.29) is 5.60 Å². The zero-order chi connectivity index (χ0) is 11.0. The van der Waals surface area contributed by atoms with Gasteiger partial charge in [0.1, 0.15) is 0 Å². The Morgan fingerprint density at radius 3 is 2.79 bits per heavy atom. The van der Waals surface area contributed by atoms with E-state index in [1.807, 2.05) is 13.8 Å². The molecule has 0 aromatic rings. The van der Waals surface area contributed by atoms with Gasteiger partial charge in [0.15, 0.2) is 0 Å². The molecule has 0 aliphatic rings. The van der Waals surface area contributed by atoms with Crippen LogP contribution in [0.25, 0.3) is 0 Å². The van der Waals surface area contributed by atoms with Gasteiger partial charge in [0, 0.05) is 0 Å². The SMILES string of the molecule is C=C=CNOC(C)(C)C[I-]ON(N)N. The van der Waals surface area contributed by atoms with Gasteiger partial charge in [0.2, 0.25) is 0 Å². The topological polar surface area (TPSA) is 85.8 Å². The number of hydrazine groups is 2. The molecule has 0 heterocycles. The van der Waals surface area contributed by atoms with Crippen molar-refractivity contribution in [3.63, 3.8) is 0 Å². The van der Waals surface area contributed by atoms with Crippen molar-refractivity contribution in [2.45, 2.75) is 19.4 Å². The molecule has 0 spiro atoms. The van der Waals surface area contributed by atoms with E-state index in [1.54, 1.807) is 0 Å². The Balaban J connectivity index is 3.65. The van der Waals surface area contributed by atoms with Gasteiger partial charge in [0.05, 0.1) is 0 Å². The summed E-state index contributed by atoms with van der Waals surface area (Å²) < 4.78 is 5.68. The summed E-state index contributed by atoms with van der Waals surface area (Å²) in [5.74, 6) is 10.2. The third-order valence-corrected chi connectivity index (χ3v) is 3.88. The molecular formula is C7H16IN4O2-. The van der Waals surface area contributed by atoms with E-state index in [2.05, 4.69) is 17.8 Å². The molecule has 0 saturated carbocycles. The third kappa shape index (κ3) is 8.45. The number of nitrogens with zero attached hydrogens (tertiary/aromatic N) is 1. The van der Waals surface area contributed by atoms with E-state index in [1.165, 1.54) is 6.20 Å². The van der Waals surface area contributed by atoms with Crippen LogP contribution in [0.15, 0.2) is 18.5 Å². The van der Waals surface area contributed by atoms with Crippen LogP contribution in [0.2, 0.25) is 0 Å². The molecule has 0 bridgehead atoms. The van der Waals surface area contributed by atoms with Crippen LogP contribution in [0.1, 0.15) is 13.8 Å². The van der Waals surface area contributed by atoms with Crippen LogP contribution in [0.4, 0.5) is 0 Å². The number of nitrogens with one attached hydrogen (secondary N) is 1. The van der Waals surface area contributed by atoms with E-state index in [0.29, 0.717) is 0 Å². The maximum atomic E-state index is 5.29. The summed E-state index contributed by atoms with van der Waals surface area (Å²) in [5.41, 5.74) is 4.80. The Morgan fingerprint density at radius 1 is 1.64 bits per heavy atom. The molecule has 0 atom stereocenters. The predicted octanol–water partition coefficient (Wildman–Crippen LogP) is -3.43. The Hall–Kier alpha value is -0.150. The number of halogens is 1. The number of rotatable bonds is 7. The first-order chi connectivity index (χ1) is 6.48. The summed E-state index contributed by atoms with van der Waals surface area (Å²) in [5, 5.41) is 0.723. The fraction of sp³-hybridized carbons (Fsp3) is 0.571. The molecule has 0 amide bonds. The van der Waals surface area contributed by atoms with Crippen molar-refractivity contribution < 1.29 is 29.6 Å². The molecule has 0 aliphatic heterocycles. The van der Waals surface area contributed by atoms with Gasteiger partial charge in [-0.15, -0.1) is 0 Å².